The van der Waals surface area contributed by atoms with Crippen LogP contribution in [-0.4, -0.2) is 40.0 Å². The van der Waals surface area contributed by atoms with Crippen LogP contribution in [0.3, 0.4) is 0 Å². The molecule has 9 heteroatoms. The summed E-state index contributed by atoms with van der Waals surface area (Å²) in [5.41, 5.74) is 0. The predicted molar refractivity (Wildman–Crippen MR) is 68.5 cm³/mol. The highest BCUT2D eigenvalue weighted by Crippen LogP contribution is 2.25. The van der Waals surface area contributed by atoms with Gasteiger partial charge in [-0.15, -0.1) is 10.2 Å². The van der Waals surface area contributed by atoms with Crippen molar-refractivity contribution in [2.75, 3.05) is 18.4 Å². The maximum absolute atomic E-state index is 12.3. The van der Waals surface area contributed by atoms with Gasteiger partial charge in [-0.05, 0) is 18.8 Å². The van der Waals surface area contributed by atoms with E-state index in [0.717, 1.165) is 12.8 Å². The summed E-state index contributed by atoms with van der Waals surface area (Å²) in [6.45, 7) is 3.08. The highest BCUT2D eigenvalue weighted by molar-refractivity contribution is 7.15. The molecule has 0 aliphatic carbocycles. The number of rotatable bonds is 2. The maximum Gasteiger partial charge on any atom is 0.315 e. The third-order valence-electron chi connectivity index (χ3n) is 2.99. The number of aromatic nitrogens is 2. The molecule has 6 nitrogen and oxygen atoms in total. The molecule has 2 heterocycles. The normalized spacial score (nSPS) is 19.2. The lowest BCUT2D eigenvalue weighted by atomic mass is 10.0. The molecule has 1 aliphatic heterocycles. The van der Waals surface area contributed by atoms with E-state index in [1.54, 1.807) is 0 Å². The maximum atomic E-state index is 12.3. The van der Waals surface area contributed by atoms with Gasteiger partial charge in [-0.2, -0.15) is 0 Å². The van der Waals surface area contributed by atoms with Crippen molar-refractivity contribution in [1.29, 1.82) is 0 Å². The fourth-order valence-corrected chi connectivity index (χ4v) is 2.64. The molecule has 1 atom stereocenters. The lowest BCUT2D eigenvalue weighted by molar-refractivity contribution is -0.144. The molecule has 0 radical (unpaired) electrons. The van der Waals surface area contributed by atoms with Gasteiger partial charge in [0.25, 0.3) is 6.43 Å². The molecule has 20 heavy (non-hydrogen) atoms. The van der Waals surface area contributed by atoms with E-state index >= 15 is 0 Å². The Labute approximate surface area is 118 Å². The van der Waals surface area contributed by atoms with Gasteiger partial charge in [-0.25, -0.2) is 8.78 Å². The van der Waals surface area contributed by atoms with Crippen LogP contribution in [0, 0.1) is 5.92 Å². The molecule has 0 aromatic carbocycles. The minimum Gasteiger partial charge on any atom is -0.334 e. The molecule has 0 spiro atoms. The topological polar surface area (TPSA) is 75.2 Å². The molecule has 1 saturated heterocycles. The number of nitrogens with zero attached hydrogens (tertiary/aromatic N) is 3. The zero-order chi connectivity index (χ0) is 14.7. The molecular formula is C11H14F2N4O2S. The van der Waals surface area contributed by atoms with E-state index in [1.807, 2.05) is 6.92 Å². The highest BCUT2D eigenvalue weighted by atomic mass is 32.1. The smallest absolute Gasteiger partial charge is 0.315 e. The molecule has 1 aromatic rings. The molecule has 1 fully saturated rings. The molecule has 110 valence electrons. The Morgan fingerprint density at radius 3 is 2.80 bits per heavy atom. The number of anilines is 1. The molecule has 1 N–H and O–H groups in total. The average Bonchev–Trinajstić information content (AvgIpc) is 2.86. The van der Waals surface area contributed by atoms with Crippen molar-refractivity contribution in [3.05, 3.63) is 5.01 Å². The third kappa shape index (κ3) is 3.47. The van der Waals surface area contributed by atoms with E-state index in [4.69, 9.17) is 0 Å². The summed E-state index contributed by atoms with van der Waals surface area (Å²) in [5.74, 6) is -1.17. The van der Waals surface area contributed by atoms with Crippen molar-refractivity contribution in [2.45, 2.75) is 26.2 Å². The SMILES string of the molecule is CC1CCCN(C(=O)C(=O)Nc2nnc(C(F)F)s2)C1. The number of hydrogen-bond donors (Lipinski definition) is 1. The Hall–Kier alpha value is -1.64. The summed E-state index contributed by atoms with van der Waals surface area (Å²) in [6, 6.07) is 0. The first-order valence-electron chi connectivity index (χ1n) is 6.19. The Balaban J connectivity index is 1.94. The average molecular weight is 304 g/mol. The zero-order valence-corrected chi connectivity index (χ0v) is 11.6. The van der Waals surface area contributed by atoms with Crippen molar-refractivity contribution in [2.24, 2.45) is 5.92 Å². The summed E-state index contributed by atoms with van der Waals surface area (Å²) in [5, 5.41) is 8.27. The lowest BCUT2D eigenvalue weighted by Crippen LogP contribution is -2.44. The van der Waals surface area contributed by atoms with Crippen LogP contribution >= 0.6 is 11.3 Å². The van der Waals surface area contributed by atoms with E-state index < -0.39 is 23.2 Å². The number of halogens is 2. The van der Waals surface area contributed by atoms with Gasteiger partial charge in [0.2, 0.25) is 5.13 Å². The Morgan fingerprint density at radius 2 is 2.20 bits per heavy atom. The number of amides is 2. The number of hydrogen-bond acceptors (Lipinski definition) is 5. The van der Waals surface area contributed by atoms with Gasteiger partial charge < -0.3 is 4.90 Å². The van der Waals surface area contributed by atoms with Crippen molar-refractivity contribution < 1.29 is 18.4 Å². The molecule has 2 amide bonds. The van der Waals surface area contributed by atoms with E-state index in [1.165, 1.54) is 4.90 Å². The summed E-state index contributed by atoms with van der Waals surface area (Å²) < 4.78 is 24.7. The highest BCUT2D eigenvalue weighted by Gasteiger charge is 2.27. The van der Waals surface area contributed by atoms with Gasteiger partial charge in [0.15, 0.2) is 5.01 Å². The second kappa shape index (κ2) is 6.21. The quantitative estimate of drug-likeness (QED) is 0.843. The van der Waals surface area contributed by atoms with Gasteiger partial charge in [0.05, 0.1) is 0 Å². The lowest BCUT2D eigenvalue weighted by Gasteiger charge is -2.30. The monoisotopic (exact) mass is 304 g/mol. The Kier molecular flexibility index (Phi) is 4.58. The molecule has 1 aliphatic rings. The molecule has 0 saturated carbocycles. The standard InChI is InChI=1S/C11H14F2N4O2S/c1-6-3-2-4-17(5-6)10(19)8(18)14-11-16-15-9(20-11)7(12)13/h6-7H,2-5H2,1H3,(H,14,16,18). The van der Waals surface area contributed by atoms with E-state index in [-0.39, 0.29) is 5.13 Å². The molecule has 1 aromatic heterocycles. The van der Waals surface area contributed by atoms with Gasteiger partial charge in [-0.1, -0.05) is 18.3 Å². The van der Waals surface area contributed by atoms with Crippen LogP contribution in [0.15, 0.2) is 0 Å². The summed E-state index contributed by atoms with van der Waals surface area (Å²) in [6.07, 6.45) is -0.856. The fourth-order valence-electron chi connectivity index (χ4n) is 2.04. The van der Waals surface area contributed by atoms with E-state index in [9.17, 15) is 18.4 Å². The number of alkyl halides is 2. The van der Waals surface area contributed by atoms with Crippen LogP contribution in [0.1, 0.15) is 31.2 Å². The summed E-state index contributed by atoms with van der Waals surface area (Å²) >= 11 is 0.559. The number of carbonyl (C=O) groups excluding carboxylic acids is 2. The number of nitrogens with one attached hydrogen (secondary N) is 1. The van der Waals surface area contributed by atoms with Crippen molar-refractivity contribution in [3.8, 4) is 0 Å². The van der Waals surface area contributed by atoms with Gasteiger partial charge in [0, 0.05) is 13.1 Å². The zero-order valence-electron chi connectivity index (χ0n) is 10.8. The van der Waals surface area contributed by atoms with Gasteiger partial charge in [-0.3, -0.25) is 14.9 Å². The Morgan fingerprint density at radius 1 is 1.45 bits per heavy atom. The van der Waals surface area contributed by atoms with Gasteiger partial charge in [0.1, 0.15) is 0 Å². The van der Waals surface area contributed by atoms with Crippen molar-refractivity contribution >= 4 is 28.3 Å². The number of likely N-dealkylation sites (tertiary alicyclic amines) is 1. The van der Waals surface area contributed by atoms with Crippen LogP contribution in [0.4, 0.5) is 13.9 Å². The van der Waals surface area contributed by atoms with Crippen LogP contribution < -0.4 is 5.32 Å². The van der Waals surface area contributed by atoms with Crippen LogP contribution in [0.5, 0.6) is 0 Å². The predicted octanol–water partition coefficient (Wildman–Crippen LogP) is 1.67. The van der Waals surface area contributed by atoms with Crippen molar-refractivity contribution in [1.82, 2.24) is 15.1 Å². The van der Waals surface area contributed by atoms with Crippen LogP contribution in [-0.2, 0) is 9.59 Å². The first-order valence-corrected chi connectivity index (χ1v) is 7.01. The second-order valence-electron chi connectivity index (χ2n) is 4.70. The summed E-state index contributed by atoms with van der Waals surface area (Å²) in [4.78, 5) is 25.1. The summed E-state index contributed by atoms with van der Waals surface area (Å²) in [7, 11) is 0. The third-order valence-corrected chi connectivity index (χ3v) is 3.83. The van der Waals surface area contributed by atoms with E-state index in [2.05, 4.69) is 15.5 Å². The second-order valence-corrected chi connectivity index (χ2v) is 5.71. The minimum absolute atomic E-state index is 0.0938. The fraction of sp³-hybridized carbons (Fsp3) is 0.636. The Bertz CT molecular complexity index is 508. The van der Waals surface area contributed by atoms with Crippen molar-refractivity contribution in [3.63, 3.8) is 0 Å². The first kappa shape index (κ1) is 14.8. The van der Waals surface area contributed by atoms with Crippen LogP contribution in [0.2, 0.25) is 0 Å². The molecule has 2 rings (SSSR count). The molecule has 1 unspecified atom stereocenters. The van der Waals surface area contributed by atoms with E-state index in [0.29, 0.717) is 30.3 Å². The van der Waals surface area contributed by atoms with Crippen LogP contribution in [0.25, 0.3) is 0 Å². The largest absolute Gasteiger partial charge is 0.334 e. The molecular weight excluding hydrogens is 290 g/mol. The van der Waals surface area contributed by atoms with Gasteiger partial charge >= 0.3 is 11.8 Å². The molecule has 0 bridgehead atoms. The minimum atomic E-state index is -2.74. The number of carbonyl (C=O) groups is 2. The number of piperidine rings is 1. The first-order chi connectivity index (χ1) is 9.47.